The molecule has 0 fully saturated rings. The third-order valence-corrected chi connectivity index (χ3v) is 5.36. The van der Waals surface area contributed by atoms with Gasteiger partial charge >= 0.3 is 12.1 Å². The first-order chi connectivity index (χ1) is 14.7. The van der Waals surface area contributed by atoms with Crippen molar-refractivity contribution >= 4 is 28.9 Å². The summed E-state index contributed by atoms with van der Waals surface area (Å²) in [6.45, 7) is 3.67. The number of anilines is 1. The van der Waals surface area contributed by atoms with Gasteiger partial charge in [0.1, 0.15) is 22.9 Å². The molecule has 1 aliphatic heterocycles. The SMILES string of the molecule is CCOC(=O)CC1OC(c2cccc(OC)c2C)c2cc(C(F)(F)F)ccc2NC1=S. The molecule has 2 aromatic carbocycles. The van der Waals surface area contributed by atoms with Gasteiger partial charge in [0.05, 0.1) is 25.7 Å². The fourth-order valence-corrected chi connectivity index (χ4v) is 3.72. The molecule has 0 radical (unpaired) electrons. The molecule has 0 aliphatic carbocycles. The molecule has 0 bridgehead atoms. The maximum atomic E-state index is 13.4. The Morgan fingerprint density at radius 1 is 1.23 bits per heavy atom. The number of esters is 1. The summed E-state index contributed by atoms with van der Waals surface area (Å²) in [6, 6.07) is 8.58. The van der Waals surface area contributed by atoms with Gasteiger partial charge in [0.2, 0.25) is 0 Å². The van der Waals surface area contributed by atoms with E-state index in [-0.39, 0.29) is 23.6 Å². The predicted octanol–water partition coefficient (Wildman–Crippen LogP) is 5.20. The van der Waals surface area contributed by atoms with Crippen molar-refractivity contribution in [1.29, 1.82) is 0 Å². The highest BCUT2D eigenvalue weighted by Gasteiger charge is 2.36. The molecule has 0 saturated carbocycles. The van der Waals surface area contributed by atoms with Crippen molar-refractivity contribution < 1.29 is 32.2 Å². The molecular weight excluding hydrogens is 431 g/mol. The Bertz CT molecular complexity index is 993. The van der Waals surface area contributed by atoms with E-state index in [1.165, 1.54) is 13.2 Å². The smallest absolute Gasteiger partial charge is 0.416 e. The average molecular weight is 453 g/mol. The molecule has 2 atom stereocenters. The van der Waals surface area contributed by atoms with E-state index in [1.54, 1.807) is 32.0 Å². The zero-order valence-corrected chi connectivity index (χ0v) is 18.0. The molecule has 1 aliphatic rings. The second-order valence-corrected chi connectivity index (χ2v) is 7.42. The van der Waals surface area contributed by atoms with Crippen LogP contribution >= 0.6 is 12.2 Å². The van der Waals surface area contributed by atoms with Crippen LogP contribution in [-0.2, 0) is 20.4 Å². The van der Waals surface area contributed by atoms with Gasteiger partial charge in [-0.3, -0.25) is 4.79 Å². The standard InChI is InChI=1S/C22H22F3NO4S/c1-4-29-19(27)11-18-21(31)26-16-9-8-13(22(23,24)25)10-15(16)20(30-18)14-6-5-7-17(28-3)12(14)2/h5-10,18,20H,4,11H2,1-3H3,(H,26,31). The lowest BCUT2D eigenvalue weighted by atomic mass is 9.94. The molecule has 2 unspecified atom stereocenters. The van der Waals surface area contributed by atoms with E-state index in [9.17, 15) is 18.0 Å². The van der Waals surface area contributed by atoms with Crippen LogP contribution < -0.4 is 10.1 Å². The third-order valence-electron chi connectivity index (χ3n) is 5.00. The number of nitrogens with one attached hydrogen (secondary N) is 1. The first kappa shape index (κ1) is 23.0. The number of carbonyl (C=O) groups excluding carboxylic acids is 1. The van der Waals surface area contributed by atoms with E-state index < -0.39 is 29.9 Å². The first-order valence-electron chi connectivity index (χ1n) is 9.62. The Kier molecular flexibility index (Phi) is 6.86. The van der Waals surface area contributed by atoms with Gasteiger partial charge in [-0.2, -0.15) is 13.2 Å². The number of halogens is 3. The highest BCUT2D eigenvalue weighted by Crippen LogP contribution is 2.42. The summed E-state index contributed by atoms with van der Waals surface area (Å²) >= 11 is 5.39. The highest BCUT2D eigenvalue weighted by atomic mass is 32.1. The largest absolute Gasteiger partial charge is 0.496 e. The average Bonchev–Trinajstić information content (AvgIpc) is 2.84. The summed E-state index contributed by atoms with van der Waals surface area (Å²) in [5, 5.41) is 2.95. The zero-order chi connectivity index (χ0) is 22.8. The van der Waals surface area contributed by atoms with Crippen molar-refractivity contribution in [1.82, 2.24) is 0 Å². The molecule has 3 rings (SSSR count). The van der Waals surface area contributed by atoms with E-state index in [2.05, 4.69) is 5.32 Å². The number of fused-ring (bicyclic) bond motifs is 1. The molecule has 166 valence electrons. The molecule has 5 nitrogen and oxygen atoms in total. The number of alkyl halides is 3. The number of thiocarbonyl (C=S) groups is 1. The van der Waals surface area contributed by atoms with Crippen LogP contribution in [0, 0.1) is 6.92 Å². The summed E-state index contributed by atoms with van der Waals surface area (Å²) < 4.78 is 56.8. The topological polar surface area (TPSA) is 56.8 Å². The molecule has 0 aromatic heterocycles. The molecule has 0 amide bonds. The van der Waals surface area contributed by atoms with Crippen LogP contribution in [-0.4, -0.2) is 30.8 Å². The monoisotopic (exact) mass is 453 g/mol. The van der Waals surface area contributed by atoms with Crippen molar-refractivity contribution in [2.45, 2.75) is 38.7 Å². The normalized spacial score (nSPS) is 18.6. The number of hydrogen-bond donors (Lipinski definition) is 1. The maximum absolute atomic E-state index is 13.4. The summed E-state index contributed by atoms with van der Waals surface area (Å²) in [5.74, 6) is 0.0519. The van der Waals surface area contributed by atoms with E-state index in [1.807, 2.05) is 0 Å². The minimum absolute atomic E-state index is 0.167. The second kappa shape index (κ2) is 9.23. The zero-order valence-electron chi connectivity index (χ0n) is 17.2. The lowest BCUT2D eigenvalue weighted by Crippen LogP contribution is -2.31. The van der Waals surface area contributed by atoms with Crippen molar-refractivity contribution in [3.05, 3.63) is 58.7 Å². The lowest BCUT2D eigenvalue weighted by Gasteiger charge is -2.24. The summed E-state index contributed by atoms with van der Waals surface area (Å²) in [7, 11) is 1.51. The van der Waals surface area contributed by atoms with Gasteiger partial charge in [0.15, 0.2) is 0 Å². The van der Waals surface area contributed by atoms with E-state index in [0.29, 0.717) is 22.6 Å². The first-order valence-corrected chi connectivity index (χ1v) is 10.0. The number of hydrogen-bond acceptors (Lipinski definition) is 5. The van der Waals surface area contributed by atoms with Crippen LogP contribution in [0.4, 0.5) is 18.9 Å². The summed E-state index contributed by atoms with van der Waals surface area (Å²) in [6.07, 6.45) is -6.49. The van der Waals surface area contributed by atoms with Crippen molar-refractivity contribution in [3.63, 3.8) is 0 Å². The Hall–Kier alpha value is -2.65. The minimum Gasteiger partial charge on any atom is -0.496 e. The van der Waals surface area contributed by atoms with Crippen LogP contribution in [0.2, 0.25) is 0 Å². The molecule has 1 heterocycles. The van der Waals surface area contributed by atoms with Crippen LogP contribution in [0.3, 0.4) is 0 Å². The van der Waals surface area contributed by atoms with E-state index in [4.69, 9.17) is 26.4 Å². The molecule has 0 saturated heterocycles. The number of methoxy groups -OCH3 is 1. The van der Waals surface area contributed by atoms with Gasteiger partial charge < -0.3 is 19.5 Å². The van der Waals surface area contributed by atoms with Crippen LogP contribution in [0.5, 0.6) is 5.75 Å². The molecule has 9 heteroatoms. The predicted molar refractivity (Wildman–Crippen MR) is 113 cm³/mol. The van der Waals surface area contributed by atoms with Crippen molar-refractivity contribution in [3.8, 4) is 5.75 Å². The Morgan fingerprint density at radius 3 is 2.61 bits per heavy atom. The van der Waals surface area contributed by atoms with Gasteiger partial charge in [-0.05, 0) is 49.2 Å². The number of benzene rings is 2. The second-order valence-electron chi connectivity index (χ2n) is 6.98. The van der Waals surface area contributed by atoms with Crippen LogP contribution in [0.1, 0.15) is 41.7 Å². The van der Waals surface area contributed by atoms with Gasteiger partial charge in [-0.25, -0.2) is 0 Å². The fourth-order valence-electron chi connectivity index (χ4n) is 3.47. The van der Waals surface area contributed by atoms with Crippen molar-refractivity contribution in [2.24, 2.45) is 0 Å². The van der Waals surface area contributed by atoms with Gasteiger partial charge in [-0.1, -0.05) is 24.4 Å². The van der Waals surface area contributed by atoms with Crippen molar-refractivity contribution in [2.75, 3.05) is 19.0 Å². The fraction of sp³-hybridized carbons (Fsp3) is 0.364. The van der Waals surface area contributed by atoms with Gasteiger partial charge in [-0.15, -0.1) is 0 Å². The number of ether oxygens (including phenoxy) is 3. The number of carbonyl (C=O) groups is 1. The van der Waals surface area contributed by atoms with Crippen LogP contribution in [0.15, 0.2) is 36.4 Å². The molecule has 1 N–H and O–H groups in total. The molecule has 0 spiro atoms. The molecular formula is C22H22F3NO4S. The van der Waals surface area contributed by atoms with Gasteiger partial charge in [0.25, 0.3) is 0 Å². The van der Waals surface area contributed by atoms with E-state index >= 15 is 0 Å². The number of rotatable bonds is 5. The summed E-state index contributed by atoms with van der Waals surface area (Å²) in [5.41, 5.74) is 1.16. The maximum Gasteiger partial charge on any atom is 0.416 e. The highest BCUT2D eigenvalue weighted by molar-refractivity contribution is 7.80. The Balaban J connectivity index is 2.14. The molecule has 2 aromatic rings. The Labute approximate surface area is 183 Å². The minimum atomic E-state index is -4.53. The third kappa shape index (κ3) is 4.99. The quantitative estimate of drug-likeness (QED) is 0.496. The lowest BCUT2D eigenvalue weighted by molar-refractivity contribution is -0.145. The van der Waals surface area contributed by atoms with Gasteiger partial charge in [0, 0.05) is 11.3 Å². The Morgan fingerprint density at radius 2 is 1.97 bits per heavy atom. The summed E-state index contributed by atoms with van der Waals surface area (Å²) in [4.78, 5) is 12.3. The van der Waals surface area contributed by atoms with Crippen LogP contribution in [0.25, 0.3) is 0 Å². The molecule has 31 heavy (non-hydrogen) atoms. The van der Waals surface area contributed by atoms with E-state index in [0.717, 1.165) is 12.1 Å².